The summed E-state index contributed by atoms with van der Waals surface area (Å²) in [6, 6.07) is 3.59. The van der Waals surface area contributed by atoms with Gasteiger partial charge in [0.25, 0.3) is 11.8 Å². The first kappa shape index (κ1) is 19.5. The average Bonchev–Trinajstić information content (AvgIpc) is 3.41. The zero-order chi connectivity index (χ0) is 20.1. The maximum Gasteiger partial charge on any atom is 0.287 e. The number of furan rings is 1. The fraction of sp³-hybridized carbons (Fsp3) is 0.500. The summed E-state index contributed by atoms with van der Waals surface area (Å²) in [5, 5.41) is 5.84. The largest absolute Gasteiger partial charge is 0.467 e. The van der Waals surface area contributed by atoms with Crippen LogP contribution in [0.5, 0.6) is 0 Å². The molecular formula is C22H28N4O3. The zero-order valence-corrected chi connectivity index (χ0v) is 16.7. The topological polar surface area (TPSA) is 89.2 Å². The summed E-state index contributed by atoms with van der Waals surface area (Å²) >= 11 is 0. The van der Waals surface area contributed by atoms with E-state index in [1.807, 2.05) is 10.6 Å². The molecule has 154 valence electrons. The summed E-state index contributed by atoms with van der Waals surface area (Å²) in [6.45, 7) is 1.63. The number of hydrogen-bond donors (Lipinski definition) is 2. The smallest absolute Gasteiger partial charge is 0.287 e. The maximum atomic E-state index is 12.8. The van der Waals surface area contributed by atoms with E-state index in [0.29, 0.717) is 30.4 Å². The van der Waals surface area contributed by atoms with E-state index in [2.05, 4.69) is 21.7 Å². The van der Waals surface area contributed by atoms with Gasteiger partial charge in [-0.1, -0.05) is 11.6 Å². The molecule has 7 heteroatoms. The molecule has 4 rings (SSSR count). The number of fused-ring (bicyclic) bond motifs is 1. The number of aromatic nitrogens is 2. The summed E-state index contributed by atoms with van der Waals surface area (Å²) < 4.78 is 7.18. The van der Waals surface area contributed by atoms with Crippen LogP contribution in [0.4, 0.5) is 0 Å². The van der Waals surface area contributed by atoms with Crippen molar-refractivity contribution in [1.82, 2.24) is 20.2 Å². The predicted octanol–water partition coefficient (Wildman–Crippen LogP) is 3.36. The van der Waals surface area contributed by atoms with Crippen molar-refractivity contribution in [3.8, 4) is 0 Å². The third-order valence-corrected chi connectivity index (χ3v) is 5.66. The molecule has 1 aliphatic heterocycles. The Morgan fingerprint density at radius 2 is 2.00 bits per heavy atom. The molecule has 3 heterocycles. The molecule has 0 atom stereocenters. The molecule has 0 saturated carbocycles. The van der Waals surface area contributed by atoms with Gasteiger partial charge in [0.15, 0.2) is 5.82 Å². The highest BCUT2D eigenvalue weighted by Crippen LogP contribution is 2.22. The van der Waals surface area contributed by atoms with Gasteiger partial charge in [0, 0.05) is 13.1 Å². The van der Waals surface area contributed by atoms with E-state index in [0.717, 1.165) is 50.8 Å². The average molecular weight is 396 g/mol. The Kier molecular flexibility index (Phi) is 6.12. The van der Waals surface area contributed by atoms with E-state index in [-0.39, 0.29) is 11.8 Å². The summed E-state index contributed by atoms with van der Waals surface area (Å²) in [4.78, 5) is 29.9. The number of carbonyl (C=O) groups is 2. The molecule has 0 unspecified atom stereocenters. The van der Waals surface area contributed by atoms with Gasteiger partial charge in [0.05, 0.1) is 18.5 Å². The van der Waals surface area contributed by atoms with Crippen molar-refractivity contribution in [2.45, 2.75) is 64.5 Å². The van der Waals surface area contributed by atoms with Gasteiger partial charge >= 0.3 is 0 Å². The number of imidazole rings is 1. The second-order valence-electron chi connectivity index (χ2n) is 7.72. The van der Waals surface area contributed by atoms with Crippen LogP contribution < -0.4 is 10.6 Å². The molecular weight excluding hydrogens is 368 g/mol. The van der Waals surface area contributed by atoms with E-state index < -0.39 is 0 Å². The second kappa shape index (κ2) is 9.11. The van der Waals surface area contributed by atoms with E-state index >= 15 is 0 Å². The molecule has 1 aliphatic carbocycles. The normalized spacial score (nSPS) is 16.1. The summed E-state index contributed by atoms with van der Waals surface area (Å²) in [6.07, 6.45) is 12.3. The van der Waals surface area contributed by atoms with Crippen molar-refractivity contribution >= 4 is 11.8 Å². The molecule has 0 bridgehead atoms. The monoisotopic (exact) mass is 396 g/mol. The number of allylic oxidation sites excluding steroid dienone is 1. The molecule has 0 radical (unpaired) electrons. The molecule has 2 aliphatic rings. The van der Waals surface area contributed by atoms with Gasteiger partial charge in [-0.2, -0.15) is 0 Å². The highest BCUT2D eigenvalue weighted by molar-refractivity contribution is 5.97. The molecule has 7 nitrogen and oxygen atoms in total. The van der Waals surface area contributed by atoms with Crippen molar-refractivity contribution in [2.75, 3.05) is 6.54 Å². The van der Waals surface area contributed by atoms with Crippen LogP contribution in [0.25, 0.3) is 0 Å². The van der Waals surface area contributed by atoms with Crippen molar-refractivity contribution in [1.29, 1.82) is 0 Å². The lowest BCUT2D eigenvalue weighted by Crippen LogP contribution is -2.29. The minimum atomic E-state index is -0.265. The number of hydrogen-bond acceptors (Lipinski definition) is 4. The fourth-order valence-electron chi connectivity index (χ4n) is 4.11. The first-order valence-electron chi connectivity index (χ1n) is 10.6. The Morgan fingerprint density at radius 3 is 2.79 bits per heavy atom. The van der Waals surface area contributed by atoms with Gasteiger partial charge in [-0.15, -0.1) is 0 Å². The van der Waals surface area contributed by atoms with Gasteiger partial charge in [0.2, 0.25) is 0 Å². The Hall–Kier alpha value is -2.83. The van der Waals surface area contributed by atoms with Crippen LogP contribution in [0.15, 0.2) is 34.5 Å². The Morgan fingerprint density at radius 1 is 1.10 bits per heavy atom. The zero-order valence-electron chi connectivity index (χ0n) is 16.7. The Balaban J connectivity index is 1.43. The third kappa shape index (κ3) is 4.60. The van der Waals surface area contributed by atoms with Crippen molar-refractivity contribution in [3.63, 3.8) is 0 Å². The summed E-state index contributed by atoms with van der Waals surface area (Å²) in [7, 11) is 0. The van der Waals surface area contributed by atoms with Crippen LogP contribution >= 0.6 is 0 Å². The maximum absolute atomic E-state index is 12.8. The van der Waals surface area contributed by atoms with Gasteiger partial charge in [-0.3, -0.25) is 9.59 Å². The van der Waals surface area contributed by atoms with Gasteiger partial charge < -0.3 is 19.6 Å². The molecule has 2 amide bonds. The first-order chi connectivity index (χ1) is 14.2. The number of amides is 2. The highest BCUT2D eigenvalue weighted by atomic mass is 16.3. The lowest BCUT2D eigenvalue weighted by Gasteiger charge is -2.17. The molecule has 2 aromatic heterocycles. The summed E-state index contributed by atoms with van der Waals surface area (Å²) in [5.74, 6) is 0.565. The SMILES string of the molecule is O=C(NCc1ccco1)c1nc(C(=O)NCCC2=CCCCC2)n2c1CCCC2. The molecule has 0 saturated heterocycles. The van der Waals surface area contributed by atoms with Crippen LogP contribution in [-0.4, -0.2) is 27.9 Å². The van der Waals surface area contributed by atoms with Gasteiger partial charge in [-0.25, -0.2) is 4.98 Å². The quantitative estimate of drug-likeness (QED) is 0.703. The van der Waals surface area contributed by atoms with Crippen LogP contribution in [0.2, 0.25) is 0 Å². The van der Waals surface area contributed by atoms with Crippen molar-refractivity contribution in [2.24, 2.45) is 0 Å². The number of nitrogens with one attached hydrogen (secondary N) is 2. The van der Waals surface area contributed by atoms with Crippen molar-refractivity contribution in [3.05, 3.63) is 53.0 Å². The van der Waals surface area contributed by atoms with E-state index in [1.165, 1.54) is 18.4 Å². The molecule has 0 spiro atoms. The number of rotatable bonds is 7. The van der Waals surface area contributed by atoms with Crippen LogP contribution in [0.3, 0.4) is 0 Å². The molecule has 2 aromatic rings. The second-order valence-corrected chi connectivity index (χ2v) is 7.72. The van der Waals surface area contributed by atoms with Crippen LogP contribution in [-0.2, 0) is 19.5 Å². The van der Waals surface area contributed by atoms with Crippen LogP contribution in [0, 0.1) is 0 Å². The minimum Gasteiger partial charge on any atom is -0.467 e. The van der Waals surface area contributed by atoms with Crippen LogP contribution in [0.1, 0.15) is 77.5 Å². The number of nitrogens with zero attached hydrogens (tertiary/aromatic N) is 2. The third-order valence-electron chi connectivity index (χ3n) is 5.66. The molecule has 0 aromatic carbocycles. The molecule has 29 heavy (non-hydrogen) atoms. The van der Waals surface area contributed by atoms with Gasteiger partial charge in [0.1, 0.15) is 11.5 Å². The predicted molar refractivity (Wildman–Crippen MR) is 109 cm³/mol. The fourth-order valence-corrected chi connectivity index (χ4v) is 4.11. The van der Waals surface area contributed by atoms with E-state index in [9.17, 15) is 9.59 Å². The van der Waals surface area contributed by atoms with Gasteiger partial charge in [-0.05, 0) is 63.5 Å². The highest BCUT2D eigenvalue weighted by Gasteiger charge is 2.27. The lowest BCUT2D eigenvalue weighted by molar-refractivity contribution is 0.0938. The number of carbonyl (C=O) groups excluding carboxylic acids is 2. The van der Waals surface area contributed by atoms with E-state index in [1.54, 1.807) is 12.3 Å². The first-order valence-corrected chi connectivity index (χ1v) is 10.6. The van der Waals surface area contributed by atoms with E-state index in [4.69, 9.17) is 4.42 Å². The minimum absolute atomic E-state index is 0.199. The molecule has 0 fully saturated rings. The molecule has 2 N–H and O–H groups in total. The van der Waals surface area contributed by atoms with Crippen molar-refractivity contribution < 1.29 is 14.0 Å². The Bertz CT molecular complexity index is 896. The standard InChI is InChI=1S/C22H28N4O3/c27-21(24-15-17-9-6-14-29-17)19-18-10-4-5-13-26(18)20(25-19)22(28)23-12-11-16-7-2-1-3-8-16/h6-7,9,14H,1-5,8,10-13,15H2,(H,23,28)(H,24,27). The summed E-state index contributed by atoms with van der Waals surface area (Å²) in [5.41, 5.74) is 2.64. The lowest BCUT2D eigenvalue weighted by atomic mass is 9.97. The Labute approximate surface area is 170 Å².